The SMILES string of the molecule is CCCCN(CCCC)S(=O)(=O)c1ccc(C(=O)N=c2sc(C(=O)OCC)c(C)n2C)cc1. The Bertz CT molecular complexity index is 1120. The number of rotatable bonds is 11. The van der Waals surface area contributed by atoms with Crippen LogP contribution >= 0.6 is 11.3 Å². The van der Waals surface area contributed by atoms with Crippen LogP contribution in [0.2, 0.25) is 0 Å². The molecule has 0 N–H and O–H groups in total. The lowest BCUT2D eigenvalue weighted by Crippen LogP contribution is -2.33. The molecule has 0 atom stereocenters. The van der Waals surface area contributed by atoms with Gasteiger partial charge in [0, 0.05) is 31.4 Å². The Kier molecular flexibility index (Phi) is 10.00. The molecule has 1 heterocycles. The summed E-state index contributed by atoms with van der Waals surface area (Å²) >= 11 is 1.08. The monoisotopic (exact) mass is 495 g/mol. The fraction of sp³-hybridized carbons (Fsp3) is 0.522. The van der Waals surface area contributed by atoms with Gasteiger partial charge in [0.1, 0.15) is 4.88 Å². The topological polar surface area (TPSA) is 98.0 Å². The first kappa shape index (κ1) is 26.9. The van der Waals surface area contributed by atoms with Gasteiger partial charge in [-0.3, -0.25) is 4.79 Å². The van der Waals surface area contributed by atoms with Crippen molar-refractivity contribution in [1.29, 1.82) is 0 Å². The minimum absolute atomic E-state index is 0.161. The maximum absolute atomic E-state index is 13.1. The number of ether oxygens (including phenoxy) is 1. The van der Waals surface area contributed by atoms with Gasteiger partial charge < -0.3 is 9.30 Å². The molecule has 1 aromatic heterocycles. The highest BCUT2D eigenvalue weighted by molar-refractivity contribution is 7.89. The molecule has 0 spiro atoms. The van der Waals surface area contributed by atoms with Crippen molar-refractivity contribution in [2.75, 3.05) is 19.7 Å². The van der Waals surface area contributed by atoms with Gasteiger partial charge in [0.05, 0.1) is 11.5 Å². The molecular weight excluding hydrogens is 462 g/mol. The standard InChI is InChI=1S/C23H33N3O5S2/c1-6-9-15-26(16-10-7-2)33(29,30)19-13-11-18(12-14-19)21(27)24-23-25(5)17(4)20(32-23)22(28)31-8-3/h11-14H,6-10,15-16H2,1-5H3. The van der Waals surface area contributed by atoms with Crippen LogP contribution in [0, 0.1) is 6.92 Å². The minimum Gasteiger partial charge on any atom is -0.462 e. The second-order valence-corrected chi connectivity index (χ2v) is 10.5. The highest BCUT2D eigenvalue weighted by Crippen LogP contribution is 2.19. The van der Waals surface area contributed by atoms with E-state index in [9.17, 15) is 18.0 Å². The van der Waals surface area contributed by atoms with Crippen molar-refractivity contribution in [3.05, 3.63) is 45.2 Å². The molecule has 0 saturated carbocycles. The van der Waals surface area contributed by atoms with Crippen LogP contribution in [-0.2, 0) is 21.8 Å². The van der Waals surface area contributed by atoms with E-state index in [0.29, 0.717) is 28.5 Å². The second-order valence-electron chi connectivity index (χ2n) is 7.63. The lowest BCUT2D eigenvalue weighted by molar-refractivity contribution is 0.0530. The normalized spacial score (nSPS) is 12.4. The van der Waals surface area contributed by atoms with Gasteiger partial charge in [-0.25, -0.2) is 13.2 Å². The van der Waals surface area contributed by atoms with Gasteiger partial charge in [-0.15, -0.1) is 0 Å². The van der Waals surface area contributed by atoms with E-state index in [-0.39, 0.29) is 17.1 Å². The van der Waals surface area contributed by atoms with Crippen molar-refractivity contribution in [2.24, 2.45) is 12.0 Å². The molecule has 0 radical (unpaired) electrons. The molecule has 2 rings (SSSR count). The largest absolute Gasteiger partial charge is 0.462 e. The molecule has 1 amide bonds. The number of benzene rings is 1. The van der Waals surface area contributed by atoms with Crippen molar-refractivity contribution >= 4 is 33.2 Å². The zero-order valence-electron chi connectivity index (χ0n) is 20.0. The van der Waals surface area contributed by atoms with Crippen molar-refractivity contribution in [3.63, 3.8) is 0 Å². The summed E-state index contributed by atoms with van der Waals surface area (Å²) in [6.45, 7) is 8.76. The lowest BCUT2D eigenvalue weighted by atomic mass is 10.2. The summed E-state index contributed by atoms with van der Waals surface area (Å²) in [4.78, 5) is 29.9. The second kappa shape index (κ2) is 12.2. The Hall–Kier alpha value is -2.30. The molecule has 182 valence electrons. The zero-order chi connectivity index (χ0) is 24.6. The van der Waals surface area contributed by atoms with Gasteiger partial charge in [-0.1, -0.05) is 38.0 Å². The third kappa shape index (κ3) is 6.61. The Labute approximate surface area is 200 Å². The van der Waals surface area contributed by atoms with Crippen LogP contribution in [-0.4, -0.2) is 48.9 Å². The third-order valence-corrected chi connectivity index (χ3v) is 8.36. The number of esters is 1. The number of sulfonamides is 1. The molecule has 0 aliphatic heterocycles. The number of thiazole rings is 1. The van der Waals surface area contributed by atoms with E-state index in [1.165, 1.54) is 28.6 Å². The van der Waals surface area contributed by atoms with Gasteiger partial charge in [0.15, 0.2) is 4.80 Å². The number of carbonyl (C=O) groups is 2. The Morgan fingerprint density at radius 1 is 1.06 bits per heavy atom. The van der Waals surface area contributed by atoms with E-state index in [2.05, 4.69) is 4.99 Å². The number of aromatic nitrogens is 1. The maximum atomic E-state index is 13.1. The molecule has 2 aromatic rings. The van der Waals surface area contributed by atoms with Crippen LogP contribution in [0.5, 0.6) is 0 Å². The predicted molar refractivity (Wildman–Crippen MR) is 129 cm³/mol. The Balaban J connectivity index is 2.30. The lowest BCUT2D eigenvalue weighted by Gasteiger charge is -2.22. The molecule has 0 bridgehead atoms. The van der Waals surface area contributed by atoms with Crippen molar-refractivity contribution in [2.45, 2.75) is 58.3 Å². The number of unbranched alkanes of at least 4 members (excludes halogenated alkanes) is 2. The van der Waals surface area contributed by atoms with Crippen molar-refractivity contribution < 1.29 is 22.7 Å². The zero-order valence-corrected chi connectivity index (χ0v) is 21.6. The molecule has 0 aliphatic rings. The quantitative estimate of drug-likeness (QED) is 0.440. The number of hydrogen-bond acceptors (Lipinski definition) is 6. The Morgan fingerprint density at radius 2 is 1.64 bits per heavy atom. The summed E-state index contributed by atoms with van der Waals surface area (Å²) in [6.07, 6.45) is 3.40. The summed E-state index contributed by atoms with van der Waals surface area (Å²) in [7, 11) is -1.91. The van der Waals surface area contributed by atoms with Crippen LogP contribution in [0.3, 0.4) is 0 Å². The molecule has 0 unspecified atom stereocenters. The van der Waals surface area contributed by atoms with Crippen LogP contribution in [0.4, 0.5) is 0 Å². The molecule has 10 heteroatoms. The van der Waals surface area contributed by atoms with Gasteiger partial charge in [0.25, 0.3) is 5.91 Å². The van der Waals surface area contributed by atoms with E-state index in [1.807, 2.05) is 13.8 Å². The average Bonchev–Trinajstić information content (AvgIpc) is 3.07. The number of nitrogens with zero attached hydrogens (tertiary/aromatic N) is 3. The van der Waals surface area contributed by atoms with Gasteiger partial charge in [-0.2, -0.15) is 9.30 Å². The molecule has 33 heavy (non-hydrogen) atoms. The maximum Gasteiger partial charge on any atom is 0.350 e. The summed E-state index contributed by atoms with van der Waals surface area (Å²) in [6, 6.07) is 5.85. The van der Waals surface area contributed by atoms with Crippen LogP contribution in [0.1, 0.15) is 72.2 Å². The van der Waals surface area contributed by atoms with E-state index in [4.69, 9.17) is 4.74 Å². The summed E-state index contributed by atoms with van der Waals surface area (Å²) in [5, 5.41) is 0. The number of amides is 1. The van der Waals surface area contributed by atoms with E-state index in [0.717, 1.165) is 37.0 Å². The summed E-state index contributed by atoms with van der Waals surface area (Å²) in [5.74, 6) is -0.963. The average molecular weight is 496 g/mol. The van der Waals surface area contributed by atoms with Crippen LogP contribution in [0.25, 0.3) is 0 Å². The van der Waals surface area contributed by atoms with Crippen LogP contribution < -0.4 is 4.80 Å². The highest BCUT2D eigenvalue weighted by Gasteiger charge is 2.24. The molecule has 8 nitrogen and oxygen atoms in total. The fourth-order valence-corrected chi connectivity index (χ4v) is 5.63. The number of hydrogen-bond donors (Lipinski definition) is 0. The van der Waals surface area contributed by atoms with Crippen LogP contribution in [0.15, 0.2) is 34.2 Å². The van der Waals surface area contributed by atoms with Crippen molar-refractivity contribution in [3.8, 4) is 0 Å². The Morgan fingerprint density at radius 3 is 2.15 bits per heavy atom. The van der Waals surface area contributed by atoms with E-state index < -0.39 is 21.9 Å². The molecule has 0 saturated heterocycles. The minimum atomic E-state index is -3.63. The smallest absolute Gasteiger partial charge is 0.350 e. The fourth-order valence-electron chi connectivity index (χ4n) is 3.10. The van der Waals surface area contributed by atoms with Gasteiger partial charge >= 0.3 is 5.97 Å². The third-order valence-electron chi connectivity index (χ3n) is 5.23. The van der Waals surface area contributed by atoms with Crippen molar-refractivity contribution in [1.82, 2.24) is 8.87 Å². The highest BCUT2D eigenvalue weighted by atomic mass is 32.2. The molecule has 1 aromatic carbocycles. The van der Waals surface area contributed by atoms with E-state index in [1.54, 1.807) is 25.5 Å². The summed E-state index contributed by atoms with van der Waals surface area (Å²) in [5.41, 5.74) is 0.928. The van der Waals surface area contributed by atoms with E-state index >= 15 is 0 Å². The first-order chi connectivity index (χ1) is 15.7. The first-order valence-corrected chi connectivity index (χ1v) is 13.5. The molecular formula is C23H33N3O5S2. The summed E-state index contributed by atoms with van der Waals surface area (Å²) < 4.78 is 34.4. The number of carbonyl (C=O) groups excluding carboxylic acids is 2. The predicted octanol–water partition coefficient (Wildman–Crippen LogP) is 3.90. The van der Waals surface area contributed by atoms with Gasteiger partial charge in [-0.05, 0) is 51.0 Å². The molecule has 0 aliphatic carbocycles. The van der Waals surface area contributed by atoms with Gasteiger partial charge in [0.2, 0.25) is 10.0 Å². The molecule has 0 fully saturated rings. The first-order valence-electron chi connectivity index (χ1n) is 11.2.